The first-order valence-corrected chi connectivity index (χ1v) is 11.0. The van der Waals surface area contributed by atoms with Gasteiger partial charge in [0.1, 0.15) is 12.4 Å². The van der Waals surface area contributed by atoms with Gasteiger partial charge in [-0.1, -0.05) is 48.5 Å². The van der Waals surface area contributed by atoms with Gasteiger partial charge in [-0.05, 0) is 42.1 Å². The molecule has 0 amide bonds. The van der Waals surface area contributed by atoms with Gasteiger partial charge in [0, 0.05) is 39.3 Å². The summed E-state index contributed by atoms with van der Waals surface area (Å²) in [6.07, 6.45) is 1.84. The minimum absolute atomic E-state index is 0.00600. The van der Waals surface area contributed by atoms with E-state index < -0.39 is 5.97 Å². The molecule has 2 aromatic heterocycles. The summed E-state index contributed by atoms with van der Waals surface area (Å²) in [5, 5.41) is 2.04. The van der Waals surface area contributed by atoms with Crippen LogP contribution in [0.3, 0.4) is 0 Å². The van der Waals surface area contributed by atoms with Crippen LogP contribution in [0.4, 0.5) is 4.39 Å². The zero-order valence-corrected chi connectivity index (χ0v) is 18.9. The Kier molecular flexibility index (Phi) is 5.49. The number of nitrogens with zero attached hydrogens (tertiary/aromatic N) is 2. The maximum atomic E-state index is 14.4. The van der Waals surface area contributed by atoms with Crippen molar-refractivity contribution >= 4 is 27.6 Å². The third-order valence-corrected chi connectivity index (χ3v) is 6.26. The molecule has 0 atom stereocenters. The van der Waals surface area contributed by atoms with Crippen molar-refractivity contribution in [2.24, 2.45) is 0 Å². The van der Waals surface area contributed by atoms with Gasteiger partial charge in [-0.3, -0.25) is 9.59 Å². The second kappa shape index (κ2) is 8.63. The van der Waals surface area contributed by atoms with Gasteiger partial charge in [0.05, 0.1) is 13.7 Å². The average molecular weight is 455 g/mol. The molecule has 0 saturated heterocycles. The van der Waals surface area contributed by atoms with Crippen molar-refractivity contribution in [2.45, 2.75) is 20.0 Å². The molecule has 0 spiro atoms. The molecular weight excluding hydrogens is 431 g/mol. The van der Waals surface area contributed by atoms with E-state index in [1.165, 1.54) is 19.2 Å². The molecule has 0 saturated carbocycles. The van der Waals surface area contributed by atoms with Crippen LogP contribution in [-0.4, -0.2) is 22.2 Å². The van der Waals surface area contributed by atoms with E-state index in [2.05, 4.69) is 0 Å². The summed E-state index contributed by atoms with van der Waals surface area (Å²) in [6, 6.07) is 21.7. The van der Waals surface area contributed by atoms with Crippen LogP contribution in [0, 0.1) is 12.7 Å². The van der Waals surface area contributed by atoms with Crippen molar-refractivity contribution in [3.05, 3.63) is 106 Å². The fourth-order valence-electron chi connectivity index (χ4n) is 4.63. The molecule has 0 aliphatic rings. The maximum absolute atomic E-state index is 14.4. The van der Waals surface area contributed by atoms with Crippen LogP contribution >= 0.6 is 0 Å². The first-order chi connectivity index (χ1) is 16.5. The van der Waals surface area contributed by atoms with E-state index in [0.717, 1.165) is 33.3 Å². The lowest BCUT2D eigenvalue weighted by atomic mass is 9.98. The number of pyridine rings is 1. The molecule has 0 unspecified atom stereocenters. The molecular formula is C28H23FN2O3. The van der Waals surface area contributed by atoms with Crippen molar-refractivity contribution < 1.29 is 13.9 Å². The SMILES string of the molecule is COC(=O)Cn1c(C)c(-c2cn(Cc3ccccc3)c(=O)c3ccccc23)c2cc(F)ccc21. The quantitative estimate of drug-likeness (QED) is 0.339. The summed E-state index contributed by atoms with van der Waals surface area (Å²) >= 11 is 0. The normalized spacial score (nSPS) is 11.3. The van der Waals surface area contributed by atoms with E-state index in [9.17, 15) is 14.0 Å². The van der Waals surface area contributed by atoms with Gasteiger partial charge in [-0.25, -0.2) is 4.39 Å². The molecule has 34 heavy (non-hydrogen) atoms. The van der Waals surface area contributed by atoms with Crippen LogP contribution in [-0.2, 0) is 22.6 Å². The first kappa shape index (κ1) is 21.6. The molecule has 0 fully saturated rings. The number of hydrogen-bond acceptors (Lipinski definition) is 3. The van der Waals surface area contributed by atoms with Crippen LogP contribution < -0.4 is 5.56 Å². The number of aromatic nitrogens is 2. The largest absolute Gasteiger partial charge is 0.468 e. The van der Waals surface area contributed by atoms with Gasteiger partial charge in [-0.15, -0.1) is 0 Å². The number of fused-ring (bicyclic) bond motifs is 2. The molecule has 6 heteroatoms. The van der Waals surface area contributed by atoms with Gasteiger partial charge in [0.15, 0.2) is 0 Å². The van der Waals surface area contributed by atoms with Crippen molar-refractivity contribution in [1.82, 2.24) is 9.13 Å². The Morgan fingerprint density at radius 2 is 1.65 bits per heavy atom. The minimum atomic E-state index is -0.394. The molecule has 2 heterocycles. The second-order valence-corrected chi connectivity index (χ2v) is 8.29. The molecule has 3 aromatic carbocycles. The third-order valence-electron chi connectivity index (χ3n) is 6.26. The van der Waals surface area contributed by atoms with Gasteiger partial charge in [0.25, 0.3) is 5.56 Å². The lowest BCUT2D eigenvalue weighted by molar-refractivity contribution is -0.141. The molecule has 0 bridgehead atoms. The van der Waals surface area contributed by atoms with Gasteiger partial charge in [0.2, 0.25) is 0 Å². The average Bonchev–Trinajstić information content (AvgIpc) is 3.11. The molecule has 0 N–H and O–H groups in total. The van der Waals surface area contributed by atoms with Gasteiger partial charge >= 0.3 is 5.97 Å². The molecule has 5 aromatic rings. The van der Waals surface area contributed by atoms with Crippen LogP contribution in [0.5, 0.6) is 0 Å². The Morgan fingerprint density at radius 1 is 0.941 bits per heavy atom. The monoisotopic (exact) mass is 454 g/mol. The van der Waals surface area contributed by atoms with Crippen molar-refractivity contribution in [3.8, 4) is 11.1 Å². The number of halogens is 1. The molecule has 0 radical (unpaired) electrons. The Bertz CT molecular complexity index is 1600. The number of carbonyl (C=O) groups excluding carboxylic acids is 1. The summed E-state index contributed by atoms with van der Waals surface area (Å²) in [6.45, 7) is 2.31. The predicted octanol–water partition coefficient (Wildman–Crippen LogP) is 5.29. The van der Waals surface area contributed by atoms with Gasteiger partial charge < -0.3 is 13.9 Å². The highest BCUT2D eigenvalue weighted by molar-refractivity contribution is 6.06. The van der Waals surface area contributed by atoms with E-state index >= 15 is 0 Å². The van der Waals surface area contributed by atoms with Crippen molar-refractivity contribution in [1.29, 1.82) is 0 Å². The number of benzene rings is 3. The summed E-state index contributed by atoms with van der Waals surface area (Å²) in [4.78, 5) is 25.5. The van der Waals surface area contributed by atoms with Crippen LogP contribution in [0.2, 0.25) is 0 Å². The zero-order valence-electron chi connectivity index (χ0n) is 18.9. The molecule has 0 aliphatic carbocycles. The number of esters is 1. The standard InChI is InChI=1S/C28H23FN2O3/c1-18-27(23-14-20(29)12-13-25(23)31(18)17-26(32)34-2)24-16-30(15-19-8-4-3-5-9-19)28(33)22-11-7-6-10-21(22)24/h3-14,16H,15,17H2,1-2H3. The topological polar surface area (TPSA) is 53.2 Å². The van der Waals surface area contributed by atoms with E-state index in [4.69, 9.17) is 4.74 Å². The summed E-state index contributed by atoms with van der Waals surface area (Å²) in [5.74, 6) is -0.763. The Labute approximate surface area is 195 Å². The van der Waals surface area contributed by atoms with E-state index in [0.29, 0.717) is 17.3 Å². The Morgan fingerprint density at radius 3 is 2.38 bits per heavy atom. The molecule has 170 valence electrons. The lowest BCUT2D eigenvalue weighted by Crippen LogP contribution is -2.21. The first-order valence-electron chi connectivity index (χ1n) is 11.0. The number of methoxy groups -OCH3 is 1. The second-order valence-electron chi connectivity index (χ2n) is 8.29. The summed E-state index contributed by atoms with van der Waals surface area (Å²) < 4.78 is 22.8. The highest BCUT2D eigenvalue weighted by atomic mass is 19.1. The number of ether oxygens (including phenoxy) is 1. The number of hydrogen-bond donors (Lipinski definition) is 0. The highest BCUT2D eigenvalue weighted by Gasteiger charge is 2.21. The number of carbonyl (C=O) groups is 1. The Balaban J connectivity index is 1.82. The Hall–Kier alpha value is -4.19. The zero-order chi connectivity index (χ0) is 23.8. The van der Waals surface area contributed by atoms with Crippen LogP contribution in [0.1, 0.15) is 11.3 Å². The van der Waals surface area contributed by atoms with E-state index in [1.54, 1.807) is 10.6 Å². The third kappa shape index (κ3) is 3.67. The lowest BCUT2D eigenvalue weighted by Gasteiger charge is -2.14. The summed E-state index contributed by atoms with van der Waals surface area (Å²) in [5.41, 5.74) is 4.02. The van der Waals surface area contributed by atoms with Crippen molar-refractivity contribution in [3.63, 3.8) is 0 Å². The minimum Gasteiger partial charge on any atom is -0.468 e. The van der Waals surface area contributed by atoms with Gasteiger partial charge in [-0.2, -0.15) is 0 Å². The number of rotatable bonds is 5. The molecule has 0 aliphatic heterocycles. The highest BCUT2D eigenvalue weighted by Crippen LogP contribution is 2.38. The smallest absolute Gasteiger partial charge is 0.325 e. The summed E-state index contributed by atoms with van der Waals surface area (Å²) in [7, 11) is 1.34. The van der Waals surface area contributed by atoms with E-state index in [-0.39, 0.29) is 17.9 Å². The van der Waals surface area contributed by atoms with Crippen LogP contribution in [0.25, 0.3) is 32.8 Å². The molecule has 5 rings (SSSR count). The molecule has 5 nitrogen and oxygen atoms in total. The van der Waals surface area contributed by atoms with E-state index in [1.807, 2.05) is 72.3 Å². The van der Waals surface area contributed by atoms with Crippen LogP contribution in [0.15, 0.2) is 83.8 Å². The fourth-order valence-corrected chi connectivity index (χ4v) is 4.63. The maximum Gasteiger partial charge on any atom is 0.325 e. The van der Waals surface area contributed by atoms with Crippen molar-refractivity contribution in [2.75, 3.05) is 7.11 Å². The predicted molar refractivity (Wildman–Crippen MR) is 131 cm³/mol. The fraction of sp³-hybridized carbons (Fsp3) is 0.143.